The van der Waals surface area contributed by atoms with Gasteiger partial charge in [0.15, 0.2) is 11.5 Å². The van der Waals surface area contributed by atoms with Crippen LogP contribution in [-0.2, 0) is 16.0 Å². The molecule has 28 heavy (non-hydrogen) atoms. The minimum absolute atomic E-state index is 0.182. The molecule has 2 saturated carbocycles. The molecule has 0 radical (unpaired) electrons. The van der Waals surface area contributed by atoms with Gasteiger partial charge in [-0.25, -0.2) is 0 Å². The van der Waals surface area contributed by atoms with Crippen molar-refractivity contribution in [2.45, 2.75) is 64.2 Å². The zero-order valence-corrected chi connectivity index (χ0v) is 16.7. The number of aryl methyl sites for hydroxylation is 1. The fraction of sp³-hybridized carbons (Fsp3) is 0.652. The first-order valence-electron chi connectivity index (χ1n) is 10.5. The van der Waals surface area contributed by atoms with Crippen molar-refractivity contribution in [2.75, 3.05) is 7.11 Å². The summed E-state index contributed by atoms with van der Waals surface area (Å²) in [7, 11) is 1.58. The highest BCUT2D eigenvalue weighted by atomic mass is 16.5. The van der Waals surface area contributed by atoms with Crippen LogP contribution in [0.2, 0.25) is 0 Å². The summed E-state index contributed by atoms with van der Waals surface area (Å²) in [6.45, 7) is 2.15. The number of phenolic OH excluding ortho intramolecular Hbond substituents is 1. The van der Waals surface area contributed by atoms with Crippen molar-refractivity contribution in [3.05, 3.63) is 23.3 Å². The molecule has 4 rings (SSSR count). The molecule has 0 aromatic heterocycles. The Labute approximate surface area is 166 Å². The Morgan fingerprint density at radius 3 is 2.82 bits per heavy atom. The molecule has 2 fully saturated rings. The number of hydrogen-bond donors (Lipinski definition) is 2. The molecule has 1 aromatic carbocycles. The van der Waals surface area contributed by atoms with Crippen molar-refractivity contribution in [1.29, 1.82) is 0 Å². The Bertz CT molecular complexity index is 800. The summed E-state index contributed by atoms with van der Waals surface area (Å²) in [5, 5.41) is 19.1. The average molecular weight is 386 g/mol. The number of aromatic hydroxyl groups is 1. The second-order valence-electron chi connectivity index (χ2n) is 9.19. The van der Waals surface area contributed by atoms with E-state index in [0.717, 1.165) is 32.1 Å². The monoisotopic (exact) mass is 386 g/mol. The fourth-order valence-corrected chi connectivity index (χ4v) is 6.59. The SMILES string of the molecule is COc1cc2c(cc1O)CC[C@H]1[C@@H]3[C@@H](CCCC(=O)O)CC(=O)[C@@]3(C)CC[C@H]21. The predicted octanol–water partition coefficient (Wildman–Crippen LogP) is 4.31. The van der Waals surface area contributed by atoms with Gasteiger partial charge in [-0.3, -0.25) is 9.59 Å². The number of aliphatic carboxylic acids is 1. The lowest BCUT2D eigenvalue weighted by Crippen LogP contribution is -2.44. The highest BCUT2D eigenvalue weighted by molar-refractivity contribution is 5.87. The van der Waals surface area contributed by atoms with Crippen molar-refractivity contribution in [2.24, 2.45) is 23.2 Å². The van der Waals surface area contributed by atoms with Crippen LogP contribution in [0.15, 0.2) is 12.1 Å². The lowest BCUT2D eigenvalue weighted by molar-refractivity contribution is -0.137. The van der Waals surface area contributed by atoms with Crippen molar-refractivity contribution >= 4 is 11.8 Å². The standard InChI is InChI=1S/C23H30O5/c1-23-9-8-15-16(7-6-13-10-18(24)19(28-2)12-17(13)15)22(23)14(11-20(23)25)4-3-5-21(26)27/h10,12,14-16,22,24H,3-9,11H2,1-2H3,(H,26,27)/t14-,15-,16+,22-,23+/m0/s1. The van der Waals surface area contributed by atoms with E-state index in [9.17, 15) is 14.7 Å². The van der Waals surface area contributed by atoms with Crippen LogP contribution < -0.4 is 4.74 Å². The van der Waals surface area contributed by atoms with Gasteiger partial charge in [0.05, 0.1) is 7.11 Å². The molecule has 3 aliphatic rings. The van der Waals surface area contributed by atoms with Crippen molar-refractivity contribution in [3.63, 3.8) is 0 Å². The summed E-state index contributed by atoms with van der Waals surface area (Å²) < 4.78 is 5.35. The largest absolute Gasteiger partial charge is 0.504 e. The first kappa shape index (κ1) is 19.3. The number of ether oxygens (including phenoxy) is 1. The maximum atomic E-state index is 12.9. The van der Waals surface area contributed by atoms with E-state index < -0.39 is 5.97 Å². The molecule has 5 nitrogen and oxygen atoms in total. The zero-order chi connectivity index (χ0) is 20.1. The van der Waals surface area contributed by atoms with Crippen LogP contribution in [0.4, 0.5) is 0 Å². The summed E-state index contributed by atoms with van der Waals surface area (Å²) in [5.41, 5.74) is 2.22. The highest BCUT2D eigenvalue weighted by Gasteiger charge is 2.58. The minimum Gasteiger partial charge on any atom is -0.504 e. The molecule has 5 atom stereocenters. The number of carboxylic acid groups (broad SMARTS) is 1. The van der Waals surface area contributed by atoms with E-state index in [4.69, 9.17) is 9.84 Å². The van der Waals surface area contributed by atoms with Crippen molar-refractivity contribution in [3.8, 4) is 11.5 Å². The number of carbonyl (C=O) groups excluding carboxylic acids is 1. The Morgan fingerprint density at radius 2 is 2.11 bits per heavy atom. The van der Waals surface area contributed by atoms with E-state index in [-0.39, 0.29) is 17.6 Å². The summed E-state index contributed by atoms with van der Waals surface area (Å²) in [6, 6.07) is 3.85. The van der Waals surface area contributed by atoms with Gasteiger partial charge in [0.25, 0.3) is 0 Å². The smallest absolute Gasteiger partial charge is 0.303 e. The Hall–Kier alpha value is -2.04. The van der Waals surface area contributed by atoms with Crippen LogP contribution in [0.3, 0.4) is 0 Å². The molecule has 5 heteroatoms. The normalized spacial score (nSPS) is 33.7. The van der Waals surface area contributed by atoms with E-state index in [1.165, 1.54) is 11.1 Å². The fourth-order valence-electron chi connectivity index (χ4n) is 6.59. The third-order valence-electron chi connectivity index (χ3n) is 7.83. The lowest BCUT2D eigenvalue weighted by Gasteiger charge is -2.50. The molecule has 0 saturated heterocycles. The van der Waals surface area contributed by atoms with E-state index in [1.807, 2.05) is 12.1 Å². The second-order valence-corrected chi connectivity index (χ2v) is 9.19. The maximum absolute atomic E-state index is 12.9. The van der Waals surface area contributed by atoms with Gasteiger partial charge < -0.3 is 14.9 Å². The molecule has 0 amide bonds. The van der Waals surface area contributed by atoms with Gasteiger partial charge in [0, 0.05) is 18.3 Å². The highest BCUT2D eigenvalue weighted by Crippen LogP contribution is 2.62. The maximum Gasteiger partial charge on any atom is 0.303 e. The molecule has 152 valence electrons. The van der Waals surface area contributed by atoms with Crippen LogP contribution in [-0.4, -0.2) is 29.1 Å². The average Bonchev–Trinajstić information content (AvgIpc) is 2.91. The molecule has 0 spiro atoms. The number of Topliss-reactive ketones (excluding diaryl/α,β-unsaturated/α-hetero) is 1. The molecule has 0 unspecified atom stereocenters. The second kappa shape index (κ2) is 7.09. The van der Waals surface area contributed by atoms with Gasteiger partial charge in [-0.2, -0.15) is 0 Å². The minimum atomic E-state index is -0.757. The third-order valence-corrected chi connectivity index (χ3v) is 7.83. The molecule has 3 aliphatic carbocycles. The number of carbonyl (C=O) groups is 2. The summed E-state index contributed by atoms with van der Waals surface area (Å²) >= 11 is 0. The predicted molar refractivity (Wildman–Crippen MR) is 105 cm³/mol. The molecular weight excluding hydrogens is 356 g/mol. The van der Waals surface area contributed by atoms with Crippen LogP contribution in [0.25, 0.3) is 0 Å². The number of carboxylic acids is 1. The molecule has 2 N–H and O–H groups in total. The van der Waals surface area contributed by atoms with Gasteiger partial charge in [0.2, 0.25) is 0 Å². The number of methoxy groups -OCH3 is 1. The quantitative estimate of drug-likeness (QED) is 0.788. The number of phenols is 1. The van der Waals surface area contributed by atoms with E-state index in [2.05, 4.69) is 6.92 Å². The summed E-state index contributed by atoms with van der Waals surface area (Å²) in [6.07, 6.45) is 6.10. The number of ketones is 1. The van der Waals surface area contributed by atoms with E-state index in [0.29, 0.717) is 48.0 Å². The lowest BCUT2D eigenvalue weighted by atomic mass is 9.54. The number of fused-ring (bicyclic) bond motifs is 5. The summed E-state index contributed by atoms with van der Waals surface area (Å²) in [5.74, 6) is 1.81. The topological polar surface area (TPSA) is 83.8 Å². The zero-order valence-electron chi connectivity index (χ0n) is 16.7. The van der Waals surface area contributed by atoms with Crippen LogP contribution >= 0.6 is 0 Å². The van der Waals surface area contributed by atoms with Gasteiger partial charge in [-0.15, -0.1) is 0 Å². The van der Waals surface area contributed by atoms with Crippen LogP contribution in [0.5, 0.6) is 11.5 Å². The summed E-state index contributed by atoms with van der Waals surface area (Å²) in [4.78, 5) is 23.9. The van der Waals surface area contributed by atoms with Gasteiger partial charge in [0.1, 0.15) is 5.78 Å². The Balaban J connectivity index is 1.64. The van der Waals surface area contributed by atoms with Crippen LogP contribution in [0.1, 0.15) is 68.9 Å². The third kappa shape index (κ3) is 2.99. The van der Waals surface area contributed by atoms with Gasteiger partial charge in [-0.1, -0.05) is 6.92 Å². The first-order valence-corrected chi connectivity index (χ1v) is 10.5. The number of hydrogen-bond acceptors (Lipinski definition) is 4. The Kier molecular flexibility index (Phi) is 4.88. The van der Waals surface area contributed by atoms with Crippen LogP contribution in [0, 0.1) is 23.2 Å². The van der Waals surface area contributed by atoms with Gasteiger partial charge in [-0.05, 0) is 85.5 Å². The van der Waals surface area contributed by atoms with E-state index >= 15 is 0 Å². The van der Waals surface area contributed by atoms with Crippen molar-refractivity contribution < 1.29 is 24.5 Å². The molecular formula is C23H30O5. The molecule has 0 aliphatic heterocycles. The number of rotatable bonds is 5. The van der Waals surface area contributed by atoms with Gasteiger partial charge >= 0.3 is 5.97 Å². The van der Waals surface area contributed by atoms with Crippen molar-refractivity contribution in [1.82, 2.24) is 0 Å². The van der Waals surface area contributed by atoms with E-state index in [1.54, 1.807) is 7.11 Å². The molecule has 0 bridgehead atoms. The number of benzene rings is 1. The molecule has 1 aromatic rings. The Morgan fingerprint density at radius 1 is 1.32 bits per heavy atom. The first-order chi connectivity index (χ1) is 13.3. The molecule has 0 heterocycles.